The predicted octanol–water partition coefficient (Wildman–Crippen LogP) is -0.386. The van der Waals surface area contributed by atoms with Crippen molar-refractivity contribution in [3.63, 3.8) is 0 Å². The van der Waals surface area contributed by atoms with Crippen molar-refractivity contribution in [2.75, 3.05) is 13.7 Å². The summed E-state index contributed by atoms with van der Waals surface area (Å²) in [5.74, 6) is 5.17. The Morgan fingerprint density at radius 2 is 2.19 bits per heavy atom. The molecule has 1 unspecified atom stereocenters. The van der Waals surface area contributed by atoms with Gasteiger partial charge in [0.15, 0.2) is 0 Å². The van der Waals surface area contributed by atoms with E-state index in [0.717, 1.165) is 11.1 Å². The van der Waals surface area contributed by atoms with Crippen LogP contribution >= 0.6 is 0 Å². The van der Waals surface area contributed by atoms with Gasteiger partial charge in [-0.05, 0) is 17.7 Å². The van der Waals surface area contributed by atoms with E-state index in [1.165, 1.54) is 7.11 Å². The lowest BCUT2D eigenvalue weighted by molar-refractivity contribution is -0.144. The predicted molar refractivity (Wildman–Crippen MR) is 76.1 cm³/mol. The molecule has 0 aliphatic carbocycles. The lowest BCUT2D eigenvalue weighted by Crippen LogP contribution is -2.38. The molecule has 0 aliphatic rings. The number of rotatable bonds is 7. The maximum atomic E-state index is 11.5. The first-order chi connectivity index (χ1) is 10.2. The largest absolute Gasteiger partial charge is 0.467 e. The van der Waals surface area contributed by atoms with Crippen molar-refractivity contribution < 1.29 is 19.1 Å². The highest BCUT2D eigenvalue weighted by Gasteiger charge is 2.18. The van der Waals surface area contributed by atoms with Gasteiger partial charge in [0.1, 0.15) is 6.04 Å². The standard InChI is InChI=1S/C15H16N2O4/c1-21-15(20)14(17-11-19)9-13-5-2-4-12(8-13)6-3-7-16-10-18/h2,4-5,8,10-11,14H,7,9H2,1H3,(H,16,18)(H,17,19). The third-order valence-corrected chi connectivity index (χ3v) is 2.63. The van der Waals surface area contributed by atoms with Gasteiger partial charge in [0.05, 0.1) is 13.7 Å². The van der Waals surface area contributed by atoms with E-state index >= 15 is 0 Å². The number of benzene rings is 1. The first-order valence-electron chi connectivity index (χ1n) is 6.23. The normalized spacial score (nSPS) is 10.5. The number of hydrogen-bond donors (Lipinski definition) is 2. The van der Waals surface area contributed by atoms with E-state index in [1.54, 1.807) is 0 Å². The number of methoxy groups -OCH3 is 1. The van der Waals surface area contributed by atoms with Crippen molar-refractivity contribution in [3.05, 3.63) is 35.4 Å². The Balaban J connectivity index is 2.77. The molecule has 0 radical (unpaired) electrons. The highest BCUT2D eigenvalue weighted by atomic mass is 16.5. The number of hydrogen-bond acceptors (Lipinski definition) is 4. The highest BCUT2D eigenvalue weighted by molar-refractivity contribution is 5.78. The van der Waals surface area contributed by atoms with E-state index in [1.807, 2.05) is 24.3 Å². The molecule has 2 amide bonds. The molecule has 0 saturated heterocycles. The summed E-state index contributed by atoms with van der Waals surface area (Å²) in [6.07, 6.45) is 1.36. The number of amides is 2. The van der Waals surface area contributed by atoms with Gasteiger partial charge in [0.25, 0.3) is 0 Å². The van der Waals surface area contributed by atoms with Gasteiger partial charge in [-0.25, -0.2) is 4.79 Å². The van der Waals surface area contributed by atoms with E-state index in [2.05, 4.69) is 27.2 Å². The van der Waals surface area contributed by atoms with Gasteiger partial charge in [-0.2, -0.15) is 0 Å². The van der Waals surface area contributed by atoms with Crippen molar-refractivity contribution in [3.8, 4) is 11.8 Å². The SMILES string of the molecule is COC(=O)C(Cc1cccc(C#CCNC=O)c1)NC=O. The van der Waals surface area contributed by atoms with Crippen molar-refractivity contribution in [2.45, 2.75) is 12.5 Å². The van der Waals surface area contributed by atoms with Gasteiger partial charge in [-0.1, -0.05) is 24.0 Å². The van der Waals surface area contributed by atoms with Crippen LogP contribution in [0.2, 0.25) is 0 Å². The summed E-state index contributed by atoms with van der Waals surface area (Å²) in [7, 11) is 1.27. The summed E-state index contributed by atoms with van der Waals surface area (Å²) < 4.78 is 4.63. The summed E-state index contributed by atoms with van der Waals surface area (Å²) in [5, 5.41) is 4.86. The van der Waals surface area contributed by atoms with Gasteiger partial charge in [-0.3, -0.25) is 9.59 Å². The van der Waals surface area contributed by atoms with E-state index in [-0.39, 0.29) is 6.54 Å². The first kappa shape index (κ1) is 16.2. The summed E-state index contributed by atoms with van der Waals surface area (Å²) in [6, 6.07) is 6.54. The summed E-state index contributed by atoms with van der Waals surface area (Å²) in [5.41, 5.74) is 1.60. The fourth-order valence-corrected chi connectivity index (χ4v) is 1.69. The molecule has 0 spiro atoms. The van der Waals surface area contributed by atoms with Gasteiger partial charge in [-0.15, -0.1) is 0 Å². The molecular formula is C15H16N2O4. The lowest BCUT2D eigenvalue weighted by atomic mass is 10.0. The molecule has 1 rings (SSSR count). The fraction of sp³-hybridized carbons (Fsp3) is 0.267. The van der Waals surface area contributed by atoms with Crippen LogP contribution in [-0.4, -0.2) is 38.5 Å². The molecule has 0 heterocycles. The van der Waals surface area contributed by atoms with Crippen LogP contribution in [0, 0.1) is 11.8 Å². The molecule has 6 heteroatoms. The Kier molecular flexibility index (Phi) is 7.08. The van der Waals surface area contributed by atoms with Gasteiger partial charge < -0.3 is 15.4 Å². The van der Waals surface area contributed by atoms with Crippen LogP contribution in [0.1, 0.15) is 11.1 Å². The van der Waals surface area contributed by atoms with Crippen LogP contribution in [-0.2, 0) is 25.5 Å². The van der Waals surface area contributed by atoms with Crippen molar-refractivity contribution in [1.29, 1.82) is 0 Å². The molecule has 2 N–H and O–H groups in total. The number of esters is 1. The molecule has 1 atom stereocenters. The van der Waals surface area contributed by atoms with Crippen LogP contribution in [0.3, 0.4) is 0 Å². The zero-order valence-electron chi connectivity index (χ0n) is 11.6. The number of carbonyl (C=O) groups excluding carboxylic acids is 3. The smallest absolute Gasteiger partial charge is 0.328 e. The maximum absolute atomic E-state index is 11.5. The van der Waals surface area contributed by atoms with E-state index in [4.69, 9.17) is 0 Å². The monoisotopic (exact) mass is 288 g/mol. The molecule has 1 aromatic rings. The minimum Gasteiger partial charge on any atom is -0.467 e. The zero-order chi connectivity index (χ0) is 15.5. The molecule has 1 aromatic carbocycles. The van der Waals surface area contributed by atoms with Crippen molar-refractivity contribution >= 4 is 18.8 Å². The van der Waals surface area contributed by atoms with Crippen LogP contribution < -0.4 is 10.6 Å². The van der Waals surface area contributed by atoms with Gasteiger partial charge >= 0.3 is 5.97 Å². The van der Waals surface area contributed by atoms with E-state index in [0.29, 0.717) is 19.2 Å². The summed E-state index contributed by atoms with van der Waals surface area (Å²) >= 11 is 0. The zero-order valence-corrected chi connectivity index (χ0v) is 11.6. The van der Waals surface area contributed by atoms with Crippen molar-refractivity contribution in [2.24, 2.45) is 0 Å². The number of carbonyl (C=O) groups is 3. The molecule has 0 aromatic heterocycles. The van der Waals surface area contributed by atoms with Crippen molar-refractivity contribution in [1.82, 2.24) is 10.6 Å². The summed E-state index contributed by atoms with van der Waals surface area (Å²) in [4.78, 5) is 32.1. The molecule has 21 heavy (non-hydrogen) atoms. The molecule has 0 bridgehead atoms. The topological polar surface area (TPSA) is 84.5 Å². The molecule has 6 nitrogen and oxygen atoms in total. The van der Waals surface area contributed by atoms with E-state index < -0.39 is 12.0 Å². The van der Waals surface area contributed by atoms with Gasteiger partial charge in [0, 0.05) is 12.0 Å². The molecule has 0 saturated carbocycles. The Bertz CT molecular complexity index is 560. The number of nitrogens with one attached hydrogen (secondary N) is 2. The maximum Gasteiger partial charge on any atom is 0.328 e. The third-order valence-electron chi connectivity index (χ3n) is 2.63. The third kappa shape index (κ3) is 5.78. The average Bonchev–Trinajstić information content (AvgIpc) is 2.51. The van der Waals surface area contributed by atoms with E-state index in [9.17, 15) is 14.4 Å². The minimum atomic E-state index is -0.729. The lowest BCUT2D eigenvalue weighted by Gasteiger charge is -2.13. The fourth-order valence-electron chi connectivity index (χ4n) is 1.69. The Morgan fingerprint density at radius 3 is 2.86 bits per heavy atom. The number of ether oxygens (including phenoxy) is 1. The Labute approximate surface area is 122 Å². The molecule has 110 valence electrons. The Morgan fingerprint density at radius 1 is 1.38 bits per heavy atom. The second-order valence-corrected chi connectivity index (χ2v) is 4.07. The molecule has 0 fully saturated rings. The minimum absolute atomic E-state index is 0.269. The van der Waals surface area contributed by atoms with Crippen LogP contribution in [0.5, 0.6) is 0 Å². The molecule has 0 aliphatic heterocycles. The Hall–Kier alpha value is -2.81. The molecular weight excluding hydrogens is 272 g/mol. The second kappa shape index (κ2) is 9.15. The van der Waals surface area contributed by atoms with Crippen LogP contribution in [0.25, 0.3) is 0 Å². The van der Waals surface area contributed by atoms with Gasteiger partial charge in [0.2, 0.25) is 12.8 Å². The van der Waals surface area contributed by atoms with Crippen LogP contribution in [0.4, 0.5) is 0 Å². The average molecular weight is 288 g/mol. The quantitative estimate of drug-likeness (QED) is 0.310. The van der Waals surface area contributed by atoms with Crippen LogP contribution in [0.15, 0.2) is 24.3 Å². The second-order valence-electron chi connectivity index (χ2n) is 4.07. The highest BCUT2D eigenvalue weighted by Crippen LogP contribution is 2.08. The summed E-state index contributed by atoms with van der Waals surface area (Å²) in [6.45, 7) is 0.269. The first-order valence-corrected chi connectivity index (χ1v) is 6.23.